The van der Waals surface area contributed by atoms with Crippen LogP contribution < -0.4 is 0 Å². The molecule has 15 heavy (non-hydrogen) atoms. The fraction of sp³-hybridized carbons (Fsp3) is 0.333. The quantitative estimate of drug-likeness (QED) is 0.704. The van der Waals surface area contributed by atoms with E-state index in [4.69, 9.17) is 4.42 Å². The number of hydrogen-bond donors (Lipinski definition) is 0. The van der Waals surface area contributed by atoms with Crippen LogP contribution in [0.15, 0.2) is 22.6 Å². The molecule has 0 saturated heterocycles. The second-order valence-corrected chi connectivity index (χ2v) is 3.95. The molecule has 1 aromatic carbocycles. The van der Waals surface area contributed by atoms with Crippen molar-refractivity contribution in [2.24, 2.45) is 0 Å². The van der Waals surface area contributed by atoms with Crippen LogP contribution in [0.2, 0.25) is 0 Å². The molecule has 0 aliphatic rings. The molecule has 0 amide bonds. The molecule has 0 atom stereocenters. The minimum atomic E-state index is 0.0411. The summed E-state index contributed by atoms with van der Waals surface area (Å²) in [6.45, 7) is 5.59. The number of oxazole rings is 1. The number of nitrogens with zero attached hydrogens (tertiary/aromatic N) is 1. The van der Waals surface area contributed by atoms with Crippen LogP contribution in [0.1, 0.15) is 42.9 Å². The molecular formula is C12H13NO2. The molecule has 2 aromatic rings. The first-order valence-corrected chi connectivity index (χ1v) is 4.99. The summed E-state index contributed by atoms with van der Waals surface area (Å²) < 4.78 is 5.56. The third-order valence-electron chi connectivity index (χ3n) is 2.31. The Hall–Kier alpha value is -1.64. The van der Waals surface area contributed by atoms with Crippen molar-refractivity contribution in [1.29, 1.82) is 0 Å². The number of rotatable bonds is 2. The molecule has 2 rings (SSSR count). The van der Waals surface area contributed by atoms with Gasteiger partial charge in [-0.1, -0.05) is 13.8 Å². The van der Waals surface area contributed by atoms with Gasteiger partial charge >= 0.3 is 0 Å². The number of hydrogen-bond acceptors (Lipinski definition) is 3. The van der Waals surface area contributed by atoms with Crippen molar-refractivity contribution < 1.29 is 9.21 Å². The van der Waals surface area contributed by atoms with Crippen LogP contribution in [0.25, 0.3) is 11.1 Å². The summed E-state index contributed by atoms with van der Waals surface area (Å²) >= 11 is 0. The molecule has 0 aliphatic carbocycles. The molecule has 1 heterocycles. The topological polar surface area (TPSA) is 43.1 Å². The molecule has 0 bridgehead atoms. The summed E-state index contributed by atoms with van der Waals surface area (Å²) in [6.07, 6.45) is 0. The molecular weight excluding hydrogens is 190 g/mol. The van der Waals surface area contributed by atoms with Gasteiger partial charge in [0.05, 0.1) is 0 Å². The molecule has 0 saturated carbocycles. The number of Topliss-reactive ketones (excluding diaryl/α,β-unsaturated/α-hetero) is 1. The number of fused-ring (bicyclic) bond motifs is 1. The van der Waals surface area contributed by atoms with Gasteiger partial charge in [-0.3, -0.25) is 4.79 Å². The predicted molar refractivity (Wildman–Crippen MR) is 58.1 cm³/mol. The molecule has 0 aliphatic heterocycles. The highest BCUT2D eigenvalue weighted by Gasteiger charge is 2.10. The van der Waals surface area contributed by atoms with Crippen molar-refractivity contribution in [1.82, 2.24) is 4.98 Å². The van der Waals surface area contributed by atoms with E-state index in [2.05, 4.69) is 4.98 Å². The highest BCUT2D eigenvalue weighted by Crippen LogP contribution is 2.22. The van der Waals surface area contributed by atoms with Crippen LogP contribution in [0.3, 0.4) is 0 Å². The lowest BCUT2D eigenvalue weighted by Crippen LogP contribution is -1.89. The summed E-state index contributed by atoms with van der Waals surface area (Å²) in [7, 11) is 0. The highest BCUT2D eigenvalue weighted by molar-refractivity contribution is 5.96. The van der Waals surface area contributed by atoms with E-state index in [1.807, 2.05) is 19.9 Å². The largest absolute Gasteiger partial charge is 0.440 e. The molecule has 3 heteroatoms. The van der Waals surface area contributed by atoms with Crippen LogP contribution in [0, 0.1) is 0 Å². The Morgan fingerprint density at radius 1 is 1.40 bits per heavy atom. The monoisotopic (exact) mass is 203 g/mol. The summed E-state index contributed by atoms with van der Waals surface area (Å²) in [5.74, 6) is 1.02. The van der Waals surface area contributed by atoms with Crippen molar-refractivity contribution in [3.8, 4) is 0 Å². The molecule has 78 valence electrons. The first-order chi connectivity index (χ1) is 7.08. The van der Waals surface area contributed by atoms with Crippen LogP contribution in [0.4, 0.5) is 0 Å². The van der Waals surface area contributed by atoms with Gasteiger partial charge in [0.2, 0.25) is 0 Å². The van der Waals surface area contributed by atoms with Gasteiger partial charge in [0, 0.05) is 11.5 Å². The summed E-state index contributed by atoms with van der Waals surface area (Å²) in [6, 6.07) is 5.34. The number of benzene rings is 1. The summed E-state index contributed by atoms with van der Waals surface area (Å²) in [5, 5.41) is 0. The van der Waals surface area contributed by atoms with Crippen LogP contribution >= 0.6 is 0 Å². The fourth-order valence-electron chi connectivity index (χ4n) is 1.41. The second-order valence-electron chi connectivity index (χ2n) is 3.95. The highest BCUT2D eigenvalue weighted by atomic mass is 16.3. The number of ketones is 1. The number of aromatic nitrogens is 1. The van der Waals surface area contributed by atoms with Crippen molar-refractivity contribution in [3.63, 3.8) is 0 Å². The Bertz CT molecular complexity index is 511. The van der Waals surface area contributed by atoms with Crippen molar-refractivity contribution >= 4 is 16.9 Å². The van der Waals surface area contributed by atoms with E-state index < -0.39 is 0 Å². The van der Waals surface area contributed by atoms with Crippen molar-refractivity contribution in [3.05, 3.63) is 29.7 Å². The lowest BCUT2D eigenvalue weighted by molar-refractivity contribution is 0.101. The third-order valence-corrected chi connectivity index (χ3v) is 2.31. The lowest BCUT2D eigenvalue weighted by atomic mass is 10.1. The van der Waals surface area contributed by atoms with Gasteiger partial charge in [-0.25, -0.2) is 4.98 Å². The Kier molecular flexibility index (Phi) is 2.31. The number of carbonyl (C=O) groups is 1. The smallest absolute Gasteiger partial charge is 0.198 e. The minimum absolute atomic E-state index is 0.0411. The van der Waals surface area contributed by atoms with Gasteiger partial charge in [-0.05, 0) is 25.1 Å². The van der Waals surface area contributed by atoms with Gasteiger partial charge < -0.3 is 4.42 Å². The maximum Gasteiger partial charge on any atom is 0.198 e. The average molecular weight is 203 g/mol. The summed E-state index contributed by atoms with van der Waals surface area (Å²) in [4.78, 5) is 15.5. The molecule has 1 aromatic heterocycles. The first kappa shape index (κ1) is 9.90. The van der Waals surface area contributed by atoms with Crippen LogP contribution in [0.5, 0.6) is 0 Å². The summed E-state index contributed by atoms with van der Waals surface area (Å²) in [5.41, 5.74) is 2.16. The van der Waals surface area contributed by atoms with Gasteiger partial charge in [-0.2, -0.15) is 0 Å². The zero-order valence-electron chi connectivity index (χ0n) is 9.07. The van der Waals surface area contributed by atoms with Crippen LogP contribution in [-0.4, -0.2) is 10.8 Å². The van der Waals surface area contributed by atoms with Gasteiger partial charge in [-0.15, -0.1) is 0 Å². The Balaban J connectivity index is 2.57. The maximum absolute atomic E-state index is 11.2. The Labute approximate surface area is 88.1 Å². The van der Waals surface area contributed by atoms with E-state index in [0.29, 0.717) is 17.0 Å². The SMILES string of the molecule is CC(=O)c1ccc2nc(C(C)C)oc2c1. The minimum Gasteiger partial charge on any atom is -0.440 e. The molecule has 0 radical (unpaired) electrons. The van der Waals surface area contributed by atoms with E-state index in [1.54, 1.807) is 19.1 Å². The number of carbonyl (C=O) groups excluding carboxylic acids is 1. The normalized spacial score (nSPS) is 11.2. The zero-order chi connectivity index (χ0) is 11.0. The first-order valence-electron chi connectivity index (χ1n) is 4.99. The zero-order valence-corrected chi connectivity index (χ0v) is 9.07. The van der Waals surface area contributed by atoms with Gasteiger partial charge in [0.25, 0.3) is 0 Å². The molecule has 0 spiro atoms. The second kappa shape index (κ2) is 3.50. The van der Waals surface area contributed by atoms with Crippen LogP contribution in [-0.2, 0) is 0 Å². The van der Waals surface area contributed by atoms with Crippen molar-refractivity contribution in [2.45, 2.75) is 26.7 Å². The Morgan fingerprint density at radius 2 is 2.13 bits per heavy atom. The maximum atomic E-state index is 11.2. The van der Waals surface area contributed by atoms with E-state index >= 15 is 0 Å². The Morgan fingerprint density at radius 3 is 2.73 bits per heavy atom. The third kappa shape index (κ3) is 1.77. The van der Waals surface area contributed by atoms with E-state index in [1.165, 1.54) is 0 Å². The lowest BCUT2D eigenvalue weighted by Gasteiger charge is -1.94. The van der Waals surface area contributed by atoms with E-state index in [0.717, 1.165) is 5.52 Å². The fourth-order valence-corrected chi connectivity index (χ4v) is 1.41. The molecule has 0 fully saturated rings. The van der Waals surface area contributed by atoms with Gasteiger partial charge in [0.15, 0.2) is 17.3 Å². The van der Waals surface area contributed by atoms with Gasteiger partial charge in [0.1, 0.15) is 5.52 Å². The van der Waals surface area contributed by atoms with E-state index in [9.17, 15) is 4.79 Å². The predicted octanol–water partition coefficient (Wildman–Crippen LogP) is 3.15. The standard InChI is InChI=1S/C12H13NO2/c1-7(2)12-13-10-5-4-9(8(3)14)6-11(10)15-12/h4-7H,1-3H3. The molecule has 0 N–H and O–H groups in total. The van der Waals surface area contributed by atoms with Crippen molar-refractivity contribution in [2.75, 3.05) is 0 Å². The van der Waals surface area contributed by atoms with E-state index in [-0.39, 0.29) is 11.7 Å². The molecule has 3 nitrogen and oxygen atoms in total. The average Bonchev–Trinajstić information content (AvgIpc) is 2.59. The molecule has 0 unspecified atom stereocenters.